The van der Waals surface area contributed by atoms with Gasteiger partial charge in [-0.05, 0) is 36.5 Å². The van der Waals surface area contributed by atoms with Crippen molar-refractivity contribution in [2.45, 2.75) is 37.8 Å². The van der Waals surface area contributed by atoms with Gasteiger partial charge in [-0.2, -0.15) is 0 Å². The number of hydrogen-bond donors (Lipinski definition) is 2. The van der Waals surface area contributed by atoms with Gasteiger partial charge in [-0.15, -0.1) is 0 Å². The summed E-state index contributed by atoms with van der Waals surface area (Å²) in [6.45, 7) is 0. The lowest BCUT2D eigenvalue weighted by Crippen LogP contribution is -2.31. The first-order chi connectivity index (χ1) is 8.63. The predicted molar refractivity (Wildman–Crippen MR) is 72.9 cm³/mol. The molecule has 1 saturated carbocycles. The largest absolute Gasteiger partial charge is 0.495 e. The molecule has 0 bridgehead atoms. The zero-order chi connectivity index (χ0) is 13.1. The minimum absolute atomic E-state index is 0.321. The Hall–Kier alpha value is -0.770. The second-order valence-electron chi connectivity index (χ2n) is 4.95. The van der Waals surface area contributed by atoms with Crippen molar-refractivity contribution in [2.24, 2.45) is 11.7 Å². The number of halogens is 1. The van der Waals surface area contributed by atoms with Crippen molar-refractivity contribution >= 4 is 11.6 Å². The monoisotopic (exact) mass is 269 g/mol. The number of aliphatic hydroxyl groups excluding tert-OH is 1. The van der Waals surface area contributed by atoms with E-state index in [-0.39, 0.29) is 6.04 Å². The van der Waals surface area contributed by atoms with Crippen LogP contribution in [-0.2, 0) is 0 Å². The Morgan fingerprint density at radius 1 is 1.39 bits per heavy atom. The van der Waals surface area contributed by atoms with Gasteiger partial charge in [-0.3, -0.25) is 0 Å². The molecule has 3 N–H and O–H groups in total. The molecule has 18 heavy (non-hydrogen) atoms. The fourth-order valence-electron chi connectivity index (χ4n) is 2.67. The Morgan fingerprint density at radius 3 is 2.67 bits per heavy atom. The zero-order valence-corrected chi connectivity index (χ0v) is 11.4. The van der Waals surface area contributed by atoms with E-state index in [2.05, 4.69) is 0 Å². The number of methoxy groups -OCH3 is 1. The van der Waals surface area contributed by atoms with Crippen molar-refractivity contribution in [3.05, 3.63) is 28.8 Å². The molecule has 0 spiro atoms. The molecular formula is C14H20ClNO2. The maximum Gasteiger partial charge on any atom is 0.137 e. The van der Waals surface area contributed by atoms with E-state index in [1.54, 1.807) is 13.2 Å². The smallest absolute Gasteiger partial charge is 0.137 e. The van der Waals surface area contributed by atoms with E-state index in [1.807, 2.05) is 12.1 Å². The Balaban J connectivity index is 2.14. The first-order valence-corrected chi connectivity index (χ1v) is 6.78. The maximum absolute atomic E-state index is 10.3. The summed E-state index contributed by atoms with van der Waals surface area (Å²) in [5.74, 6) is 0.921. The van der Waals surface area contributed by atoms with E-state index in [1.165, 1.54) is 12.8 Å². The van der Waals surface area contributed by atoms with Gasteiger partial charge in [0.15, 0.2) is 0 Å². The van der Waals surface area contributed by atoms with Crippen LogP contribution in [0.3, 0.4) is 0 Å². The Kier molecular flexibility index (Phi) is 4.49. The summed E-state index contributed by atoms with van der Waals surface area (Å²) in [5, 5.41) is 10.9. The first-order valence-electron chi connectivity index (χ1n) is 6.40. The van der Waals surface area contributed by atoms with Gasteiger partial charge in [-0.1, -0.05) is 30.5 Å². The fourth-order valence-corrected chi connectivity index (χ4v) is 2.87. The highest BCUT2D eigenvalue weighted by molar-refractivity contribution is 6.32. The number of ether oxygens (including phenoxy) is 1. The van der Waals surface area contributed by atoms with Crippen molar-refractivity contribution in [3.8, 4) is 5.75 Å². The van der Waals surface area contributed by atoms with Gasteiger partial charge >= 0.3 is 0 Å². The van der Waals surface area contributed by atoms with Crippen molar-refractivity contribution < 1.29 is 9.84 Å². The van der Waals surface area contributed by atoms with Gasteiger partial charge in [0.1, 0.15) is 5.75 Å². The molecule has 0 amide bonds. The van der Waals surface area contributed by atoms with Gasteiger partial charge in [0, 0.05) is 0 Å². The van der Waals surface area contributed by atoms with Crippen LogP contribution in [0.15, 0.2) is 18.2 Å². The van der Waals surface area contributed by atoms with Crippen LogP contribution in [0.2, 0.25) is 5.02 Å². The second kappa shape index (κ2) is 5.91. The topological polar surface area (TPSA) is 55.5 Å². The molecule has 2 atom stereocenters. The van der Waals surface area contributed by atoms with Crippen LogP contribution in [0.1, 0.15) is 37.3 Å². The van der Waals surface area contributed by atoms with E-state index in [9.17, 15) is 5.11 Å². The molecule has 100 valence electrons. The molecule has 1 fully saturated rings. The first kappa shape index (κ1) is 13.7. The number of aliphatic hydroxyl groups is 1. The quantitative estimate of drug-likeness (QED) is 0.884. The van der Waals surface area contributed by atoms with Crippen LogP contribution in [0.5, 0.6) is 5.75 Å². The maximum atomic E-state index is 10.3. The number of nitrogens with two attached hydrogens (primary N) is 1. The number of benzene rings is 1. The van der Waals surface area contributed by atoms with E-state index < -0.39 is 6.10 Å². The summed E-state index contributed by atoms with van der Waals surface area (Å²) < 4.78 is 5.17. The summed E-state index contributed by atoms with van der Waals surface area (Å²) in [6.07, 6.45) is 4.04. The van der Waals surface area contributed by atoms with Crippen LogP contribution in [-0.4, -0.2) is 18.3 Å². The van der Waals surface area contributed by atoms with E-state index in [0.29, 0.717) is 16.7 Å². The summed E-state index contributed by atoms with van der Waals surface area (Å²) >= 11 is 5.98. The van der Waals surface area contributed by atoms with Gasteiger partial charge in [0.2, 0.25) is 0 Å². The van der Waals surface area contributed by atoms with Crippen LogP contribution in [0.25, 0.3) is 0 Å². The molecule has 1 aliphatic carbocycles. The van der Waals surface area contributed by atoms with Gasteiger partial charge in [0.05, 0.1) is 24.3 Å². The highest BCUT2D eigenvalue weighted by Crippen LogP contribution is 2.34. The summed E-state index contributed by atoms with van der Waals surface area (Å²) in [4.78, 5) is 0. The van der Waals surface area contributed by atoms with Gasteiger partial charge < -0.3 is 15.6 Å². The molecule has 0 heterocycles. The highest BCUT2D eigenvalue weighted by Gasteiger charge is 2.29. The van der Waals surface area contributed by atoms with Crippen LogP contribution in [0.4, 0.5) is 0 Å². The van der Waals surface area contributed by atoms with Crippen LogP contribution >= 0.6 is 11.6 Å². The molecular weight excluding hydrogens is 250 g/mol. The minimum Gasteiger partial charge on any atom is -0.495 e. The average molecular weight is 270 g/mol. The summed E-state index contributed by atoms with van der Waals surface area (Å²) in [5.41, 5.74) is 7.01. The molecule has 3 nitrogen and oxygen atoms in total. The molecule has 4 heteroatoms. The molecule has 0 radical (unpaired) electrons. The van der Waals surface area contributed by atoms with Crippen LogP contribution < -0.4 is 10.5 Å². The van der Waals surface area contributed by atoms with Crippen molar-refractivity contribution in [1.82, 2.24) is 0 Å². The lowest BCUT2D eigenvalue weighted by molar-refractivity contribution is 0.0844. The summed E-state index contributed by atoms with van der Waals surface area (Å²) in [7, 11) is 1.57. The third-order valence-corrected chi connectivity index (χ3v) is 4.12. The van der Waals surface area contributed by atoms with E-state index >= 15 is 0 Å². The molecule has 1 aliphatic rings. The summed E-state index contributed by atoms with van der Waals surface area (Å²) in [6, 6.07) is 5.05. The fraction of sp³-hybridized carbons (Fsp3) is 0.571. The minimum atomic E-state index is -0.488. The van der Waals surface area contributed by atoms with Crippen LogP contribution in [0, 0.1) is 5.92 Å². The standard InChI is InChI=1S/C14H20ClNO2/c1-18-12-8-10(6-7-11(12)15)13(16)14(17)9-4-2-3-5-9/h6-9,13-14,17H,2-5,16H2,1H3/t13-,14+/m0/s1. The van der Waals surface area contributed by atoms with E-state index in [0.717, 1.165) is 18.4 Å². The van der Waals surface area contributed by atoms with Crippen molar-refractivity contribution in [3.63, 3.8) is 0 Å². The molecule has 0 aliphatic heterocycles. The average Bonchev–Trinajstić information content (AvgIpc) is 2.91. The molecule has 0 aromatic heterocycles. The lowest BCUT2D eigenvalue weighted by atomic mass is 9.91. The number of rotatable bonds is 4. The Morgan fingerprint density at radius 2 is 2.06 bits per heavy atom. The molecule has 0 saturated heterocycles. The molecule has 0 unspecified atom stereocenters. The SMILES string of the molecule is COc1cc([C@H](N)[C@H](O)C2CCCC2)ccc1Cl. The zero-order valence-electron chi connectivity index (χ0n) is 10.6. The van der Waals surface area contributed by atoms with Crippen molar-refractivity contribution in [1.29, 1.82) is 0 Å². The van der Waals surface area contributed by atoms with E-state index in [4.69, 9.17) is 22.1 Å². The Bertz CT molecular complexity index is 405. The molecule has 1 aromatic rings. The second-order valence-corrected chi connectivity index (χ2v) is 5.36. The third-order valence-electron chi connectivity index (χ3n) is 3.81. The molecule has 1 aromatic carbocycles. The van der Waals surface area contributed by atoms with Gasteiger partial charge in [0.25, 0.3) is 0 Å². The van der Waals surface area contributed by atoms with Crippen molar-refractivity contribution in [2.75, 3.05) is 7.11 Å². The predicted octanol–water partition coefficient (Wildman–Crippen LogP) is 2.90. The lowest BCUT2D eigenvalue weighted by Gasteiger charge is -2.25. The number of hydrogen-bond acceptors (Lipinski definition) is 3. The molecule has 2 rings (SSSR count). The normalized spacial score (nSPS) is 19.8. The highest BCUT2D eigenvalue weighted by atomic mass is 35.5. The van der Waals surface area contributed by atoms with Gasteiger partial charge in [-0.25, -0.2) is 0 Å². The Labute approximate surface area is 113 Å². The third kappa shape index (κ3) is 2.79.